The smallest absolute Gasteiger partial charge is 0.335 e. The van der Waals surface area contributed by atoms with Crippen molar-refractivity contribution in [3.05, 3.63) is 107 Å². The van der Waals surface area contributed by atoms with Crippen LogP contribution in [0.2, 0.25) is 0 Å². The number of rotatable bonds is 4. The van der Waals surface area contributed by atoms with Crippen LogP contribution in [-0.4, -0.2) is 27.9 Å². The molecule has 1 amide bonds. The summed E-state index contributed by atoms with van der Waals surface area (Å²) in [6, 6.07) is 22.3. The number of ketones is 1. The molecule has 1 fully saturated rings. The minimum Gasteiger partial charge on any atom is -0.507 e. The second kappa shape index (κ2) is 7.67. The molecule has 4 rings (SSSR count). The number of hydrogen-bond donors (Lipinski definition) is 2. The molecular formula is C24H17NO5. The molecule has 2 N–H and O–H groups in total. The Hall–Kier alpha value is -4.19. The summed E-state index contributed by atoms with van der Waals surface area (Å²) in [5, 5.41) is 20.3. The number of Topliss-reactive ketones (excluding diaryl/α,β-unsaturated/α-hetero) is 1. The van der Waals surface area contributed by atoms with Crippen LogP contribution in [0, 0.1) is 0 Å². The van der Waals surface area contributed by atoms with Crippen LogP contribution >= 0.6 is 0 Å². The molecule has 30 heavy (non-hydrogen) atoms. The van der Waals surface area contributed by atoms with Crippen LogP contribution in [0.25, 0.3) is 5.76 Å². The van der Waals surface area contributed by atoms with Crippen molar-refractivity contribution in [2.45, 2.75) is 6.04 Å². The lowest BCUT2D eigenvalue weighted by Gasteiger charge is -2.25. The third-order valence-corrected chi connectivity index (χ3v) is 4.98. The van der Waals surface area contributed by atoms with Crippen molar-refractivity contribution in [1.82, 2.24) is 0 Å². The van der Waals surface area contributed by atoms with Crippen molar-refractivity contribution in [2.24, 2.45) is 0 Å². The molecule has 1 heterocycles. The van der Waals surface area contributed by atoms with Gasteiger partial charge in [0.05, 0.1) is 17.2 Å². The van der Waals surface area contributed by atoms with Crippen molar-refractivity contribution >= 4 is 29.1 Å². The van der Waals surface area contributed by atoms with Crippen LogP contribution in [0.5, 0.6) is 0 Å². The second-order valence-electron chi connectivity index (χ2n) is 6.80. The van der Waals surface area contributed by atoms with Gasteiger partial charge in [0.15, 0.2) is 0 Å². The van der Waals surface area contributed by atoms with Gasteiger partial charge in [0.25, 0.3) is 11.7 Å². The molecule has 1 aliphatic rings. The molecule has 1 atom stereocenters. The number of amides is 1. The van der Waals surface area contributed by atoms with Gasteiger partial charge in [0.2, 0.25) is 0 Å². The molecule has 0 aliphatic carbocycles. The third-order valence-electron chi connectivity index (χ3n) is 4.98. The van der Waals surface area contributed by atoms with Crippen molar-refractivity contribution < 1.29 is 24.6 Å². The highest BCUT2D eigenvalue weighted by atomic mass is 16.4. The lowest BCUT2D eigenvalue weighted by molar-refractivity contribution is -0.132. The van der Waals surface area contributed by atoms with Gasteiger partial charge in [0.1, 0.15) is 5.76 Å². The summed E-state index contributed by atoms with van der Waals surface area (Å²) in [6.45, 7) is 0. The van der Waals surface area contributed by atoms with Gasteiger partial charge >= 0.3 is 5.97 Å². The fourth-order valence-electron chi connectivity index (χ4n) is 3.59. The lowest BCUT2D eigenvalue weighted by atomic mass is 9.95. The number of carboxylic acids is 1. The average Bonchev–Trinajstić information content (AvgIpc) is 3.05. The van der Waals surface area contributed by atoms with E-state index >= 15 is 0 Å². The molecule has 1 aliphatic heterocycles. The maximum atomic E-state index is 13.0. The summed E-state index contributed by atoms with van der Waals surface area (Å²) in [7, 11) is 0. The third kappa shape index (κ3) is 3.24. The number of carbonyl (C=O) groups excluding carboxylic acids is 2. The summed E-state index contributed by atoms with van der Waals surface area (Å²) >= 11 is 0. The molecule has 6 nitrogen and oxygen atoms in total. The first-order chi connectivity index (χ1) is 14.5. The van der Waals surface area contributed by atoms with E-state index in [-0.39, 0.29) is 22.6 Å². The first-order valence-electron chi connectivity index (χ1n) is 9.24. The molecule has 3 aromatic rings. The minimum atomic E-state index is -1.14. The Kier molecular flexibility index (Phi) is 4.90. The average molecular weight is 399 g/mol. The van der Waals surface area contributed by atoms with Gasteiger partial charge in [-0.3, -0.25) is 14.5 Å². The molecular weight excluding hydrogens is 382 g/mol. The Morgan fingerprint density at radius 3 is 2.00 bits per heavy atom. The van der Waals surface area contributed by atoms with E-state index in [1.165, 1.54) is 23.1 Å². The van der Waals surface area contributed by atoms with Crippen LogP contribution in [-0.2, 0) is 9.59 Å². The van der Waals surface area contributed by atoms with E-state index in [4.69, 9.17) is 0 Å². The zero-order chi connectivity index (χ0) is 21.3. The molecule has 0 unspecified atom stereocenters. The Bertz CT molecular complexity index is 1170. The van der Waals surface area contributed by atoms with E-state index in [2.05, 4.69) is 0 Å². The van der Waals surface area contributed by atoms with Crippen LogP contribution in [0.1, 0.15) is 27.5 Å². The number of anilines is 1. The van der Waals surface area contributed by atoms with Gasteiger partial charge in [-0.1, -0.05) is 66.7 Å². The molecule has 6 heteroatoms. The van der Waals surface area contributed by atoms with Crippen molar-refractivity contribution in [3.8, 4) is 0 Å². The maximum Gasteiger partial charge on any atom is 0.335 e. The summed E-state index contributed by atoms with van der Waals surface area (Å²) in [4.78, 5) is 38.6. The monoisotopic (exact) mass is 399 g/mol. The van der Waals surface area contributed by atoms with E-state index in [0.29, 0.717) is 11.1 Å². The predicted molar refractivity (Wildman–Crippen MR) is 111 cm³/mol. The van der Waals surface area contributed by atoms with Crippen LogP contribution in [0.15, 0.2) is 90.5 Å². The van der Waals surface area contributed by atoms with E-state index in [9.17, 15) is 24.6 Å². The first kappa shape index (κ1) is 19.1. The molecule has 148 valence electrons. The van der Waals surface area contributed by atoms with Gasteiger partial charge in [-0.25, -0.2) is 4.79 Å². The highest BCUT2D eigenvalue weighted by Gasteiger charge is 2.47. The van der Waals surface area contributed by atoms with E-state index in [0.717, 1.165) is 0 Å². The second-order valence-corrected chi connectivity index (χ2v) is 6.80. The number of carboxylic acid groups (broad SMARTS) is 1. The Morgan fingerprint density at radius 2 is 1.37 bits per heavy atom. The van der Waals surface area contributed by atoms with E-state index < -0.39 is 23.7 Å². The van der Waals surface area contributed by atoms with E-state index in [1.54, 1.807) is 66.7 Å². The normalized spacial score (nSPS) is 17.9. The highest BCUT2D eigenvalue weighted by Crippen LogP contribution is 2.42. The Balaban J connectivity index is 1.95. The van der Waals surface area contributed by atoms with Gasteiger partial charge in [-0.05, 0) is 23.8 Å². The molecule has 1 saturated heterocycles. The zero-order valence-electron chi connectivity index (χ0n) is 15.7. The first-order valence-corrected chi connectivity index (χ1v) is 9.24. The Morgan fingerprint density at radius 1 is 0.767 bits per heavy atom. The van der Waals surface area contributed by atoms with Crippen molar-refractivity contribution in [2.75, 3.05) is 4.90 Å². The Labute approximate surface area is 172 Å². The van der Waals surface area contributed by atoms with Gasteiger partial charge in [0, 0.05) is 11.3 Å². The predicted octanol–water partition coefficient (Wildman–Crippen LogP) is 4.01. The summed E-state index contributed by atoms with van der Waals surface area (Å²) in [6.07, 6.45) is 0. The zero-order valence-corrected chi connectivity index (χ0v) is 15.7. The van der Waals surface area contributed by atoms with Gasteiger partial charge < -0.3 is 10.2 Å². The van der Waals surface area contributed by atoms with Crippen molar-refractivity contribution in [3.63, 3.8) is 0 Å². The lowest BCUT2D eigenvalue weighted by Crippen LogP contribution is -2.29. The fourth-order valence-corrected chi connectivity index (χ4v) is 3.59. The number of nitrogens with zero attached hydrogens (tertiary/aromatic N) is 1. The van der Waals surface area contributed by atoms with Gasteiger partial charge in [-0.2, -0.15) is 0 Å². The molecule has 0 aromatic heterocycles. The highest BCUT2D eigenvalue weighted by molar-refractivity contribution is 6.51. The van der Waals surface area contributed by atoms with Crippen molar-refractivity contribution in [1.29, 1.82) is 0 Å². The maximum absolute atomic E-state index is 13.0. The molecule has 3 aromatic carbocycles. The van der Waals surface area contributed by atoms with Crippen LogP contribution in [0.3, 0.4) is 0 Å². The number of hydrogen-bond acceptors (Lipinski definition) is 4. The van der Waals surface area contributed by atoms with Crippen LogP contribution < -0.4 is 4.90 Å². The van der Waals surface area contributed by atoms with Crippen LogP contribution in [0.4, 0.5) is 5.69 Å². The topological polar surface area (TPSA) is 94.9 Å². The molecule has 0 saturated carbocycles. The number of benzene rings is 3. The molecule has 0 spiro atoms. The number of aliphatic hydroxyl groups excluding tert-OH is 1. The molecule has 0 bridgehead atoms. The summed E-state index contributed by atoms with van der Waals surface area (Å²) in [5.74, 6) is -3.08. The number of carbonyl (C=O) groups is 3. The number of aliphatic hydroxyl groups is 1. The quantitative estimate of drug-likeness (QED) is 0.393. The fraction of sp³-hybridized carbons (Fsp3) is 0.0417. The largest absolute Gasteiger partial charge is 0.507 e. The summed E-state index contributed by atoms with van der Waals surface area (Å²) < 4.78 is 0. The molecule has 0 radical (unpaired) electrons. The minimum absolute atomic E-state index is 0.00993. The SMILES string of the molecule is O=C1C(=O)N(c2cccc(C(=O)O)c2)[C@@H](c2ccccc2)/C1=C(\O)c1ccccc1. The standard InChI is InChI=1S/C24H17NO5/c26-21(16-10-5-2-6-11-16)19-20(15-8-3-1-4-9-15)25(23(28)22(19)27)18-13-7-12-17(14-18)24(29)30/h1-14,20,26H,(H,29,30)/b21-19+/t20-/m0/s1. The number of aromatic carboxylic acids is 1. The van der Waals surface area contributed by atoms with Gasteiger partial charge in [-0.15, -0.1) is 0 Å². The van der Waals surface area contributed by atoms with E-state index in [1.807, 2.05) is 0 Å². The summed E-state index contributed by atoms with van der Waals surface area (Å²) in [5.41, 5.74) is 1.24.